The second-order valence-corrected chi connectivity index (χ2v) is 6.24. The maximum atomic E-state index is 12.5. The number of piperidine rings is 1. The van der Waals surface area contributed by atoms with Gasteiger partial charge in [0.15, 0.2) is 0 Å². The predicted molar refractivity (Wildman–Crippen MR) is 73.2 cm³/mol. The molecule has 0 aromatic carbocycles. The van der Waals surface area contributed by atoms with E-state index in [9.17, 15) is 9.59 Å². The zero-order valence-electron chi connectivity index (χ0n) is 11.2. The van der Waals surface area contributed by atoms with E-state index in [2.05, 4.69) is 6.92 Å². The highest BCUT2D eigenvalue weighted by Gasteiger charge is 2.36. The number of hydrogen-bond acceptors (Lipinski definition) is 3. The van der Waals surface area contributed by atoms with Crippen molar-refractivity contribution < 1.29 is 9.59 Å². The molecule has 0 bridgehead atoms. The standard InChI is InChI=1S/C13H22N2O2S/c1-3-12(16)15-9-18-8-11(15)13(17)14-6-4-10(2)5-7-14/h10-11H,3-9H2,1-2H3. The Kier molecular flexibility index (Phi) is 4.54. The van der Waals surface area contributed by atoms with Crippen molar-refractivity contribution in [3.05, 3.63) is 0 Å². The number of amides is 2. The number of rotatable bonds is 2. The van der Waals surface area contributed by atoms with E-state index in [4.69, 9.17) is 0 Å². The van der Waals surface area contributed by atoms with Crippen LogP contribution in [-0.4, -0.2) is 52.4 Å². The van der Waals surface area contributed by atoms with Crippen molar-refractivity contribution in [2.75, 3.05) is 24.7 Å². The van der Waals surface area contributed by atoms with Gasteiger partial charge in [0.1, 0.15) is 6.04 Å². The van der Waals surface area contributed by atoms with Crippen LogP contribution in [0.1, 0.15) is 33.1 Å². The molecule has 0 spiro atoms. The number of thioether (sulfide) groups is 1. The maximum absolute atomic E-state index is 12.5. The highest BCUT2D eigenvalue weighted by Crippen LogP contribution is 2.25. The van der Waals surface area contributed by atoms with Gasteiger partial charge in [-0.3, -0.25) is 9.59 Å². The molecular weight excluding hydrogens is 248 g/mol. The van der Waals surface area contributed by atoms with E-state index < -0.39 is 0 Å². The number of likely N-dealkylation sites (tertiary alicyclic amines) is 1. The molecule has 2 amide bonds. The summed E-state index contributed by atoms with van der Waals surface area (Å²) >= 11 is 1.68. The largest absolute Gasteiger partial charge is 0.341 e. The van der Waals surface area contributed by atoms with Crippen LogP contribution in [0.15, 0.2) is 0 Å². The molecule has 18 heavy (non-hydrogen) atoms. The van der Waals surface area contributed by atoms with Gasteiger partial charge in [0, 0.05) is 25.3 Å². The summed E-state index contributed by atoms with van der Waals surface area (Å²) in [6.07, 6.45) is 2.67. The molecule has 2 aliphatic heterocycles. The number of carbonyl (C=O) groups excluding carboxylic acids is 2. The van der Waals surface area contributed by atoms with Crippen LogP contribution in [0.25, 0.3) is 0 Å². The summed E-state index contributed by atoms with van der Waals surface area (Å²) in [6, 6.07) is -0.212. The molecule has 0 aromatic rings. The van der Waals surface area contributed by atoms with Gasteiger partial charge in [-0.25, -0.2) is 0 Å². The second-order valence-electron chi connectivity index (χ2n) is 5.24. The highest BCUT2D eigenvalue weighted by atomic mass is 32.2. The summed E-state index contributed by atoms with van der Waals surface area (Å²) < 4.78 is 0. The van der Waals surface area contributed by atoms with Crippen molar-refractivity contribution in [1.82, 2.24) is 9.80 Å². The molecule has 1 atom stereocenters. The Balaban J connectivity index is 1.97. The molecule has 2 aliphatic rings. The summed E-state index contributed by atoms with van der Waals surface area (Å²) in [5, 5.41) is 0. The first kappa shape index (κ1) is 13.7. The van der Waals surface area contributed by atoms with Crippen molar-refractivity contribution in [1.29, 1.82) is 0 Å². The van der Waals surface area contributed by atoms with Gasteiger partial charge in [-0.05, 0) is 18.8 Å². The summed E-state index contributed by atoms with van der Waals surface area (Å²) in [5.41, 5.74) is 0. The maximum Gasteiger partial charge on any atom is 0.246 e. The topological polar surface area (TPSA) is 40.6 Å². The molecule has 4 nitrogen and oxygen atoms in total. The lowest BCUT2D eigenvalue weighted by Crippen LogP contribution is -2.50. The van der Waals surface area contributed by atoms with E-state index in [1.54, 1.807) is 16.7 Å². The van der Waals surface area contributed by atoms with E-state index in [-0.39, 0.29) is 17.9 Å². The Morgan fingerprint density at radius 3 is 2.56 bits per heavy atom. The SMILES string of the molecule is CCC(=O)N1CSCC1C(=O)N1CCC(C)CC1. The highest BCUT2D eigenvalue weighted by molar-refractivity contribution is 7.99. The van der Waals surface area contributed by atoms with Crippen molar-refractivity contribution in [2.24, 2.45) is 5.92 Å². The van der Waals surface area contributed by atoms with Crippen LogP contribution < -0.4 is 0 Å². The first-order valence-electron chi connectivity index (χ1n) is 6.79. The van der Waals surface area contributed by atoms with Gasteiger partial charge in [-0.1, -0.05) is 13.8 Å². The lowest BCUT2D eigenvalue weighted by Gasteiger charge is -2.34. The lowest BCUT2D eigenvalue weighted by molar-refractivity contribution is -0.144. The molecule has 2 heterocycles. The molecule has 5 heteroatoms. The Morgan fingerprint density at radius 1 is 1.28 bits per heavy atom. The van der Waals surface area contributed by atoms with E-state index in [0.29, 0.717) is 12.3 Å². The van der Waals surface area contributed by atoms with Gasteiger partial charge < -0.3 is 9.80 Å². The van der Waals surface area contributed by atoms with Crippen molar-refractivity contribution in [2.45, 2.75) is 39.2 Å². The first-order chi connectivity index (χ1) is 8.63. The van der Waals surface area contributed by atoms with Crippen molar-refractivity contribution >= 4 is 23.6 Å². The molecule has 102 valence electrons. The monoisotopic (exact) mass is 270 g/mol. The lowest BCUT2D eigenvalue weighted by atomic mass is 9.98. The van der Waals surface area contributed by atoms with Crippen LogP contribution in [0, 0.1) is 5.92 Å². The summed E-state index contributed by atoms with van der Waals surface area (Å²) in [5.74, 6) is 2.42. The van der Waals surface area contributed by atoms with Gasteiger partial charge in [0.05, 0.1) is 5.88 Å². The Labute approximate surface area is 113 Å². The van der Waals surface area contributed by atoms with Crippen LogP contribution in [0.3, 0.4) is 0 Å². The molecule has 0 aliphatic carbocycles. The molecule has 0 radical (unpaired) electrons. The molecule has 2 rings (SSSR count). The van der Waals surface area contributed by atoms with Crippen molar-refractivity contribution in [3.63, 3.8) is 0 Å². The smallest absolute Gasteiger partial charge is 0.246 e. The number of hydrogen-bond donors (Lipinski definition) is 0. The molecule has 0 aromatic heterocycles. The number of nitrogens with zero attached hydrogens (tertiary/aromatic N) is 2. The average Bonchev–Trinajstić information content (AvgIpc) is 2.87. The van der Waals surface area contributed by atoms with E-state index >= 15 is 0 Å². The predicted octanol–water partition coefficient (Wildman–Crippen LogP) is 1.56. The average molecular weight is 270 g/mol. The van der Waals surface area contributed by atoms with Crippen LogP contribution in [0.2, 0.25) is 0 Å². The third-order valence-electron chi connectivity index (χ3n) is 3.89. The fourth-order valence-corrected chi connectivity index (χ4v) is 3.71. The molecule has 2 saturated heterocycles. The Hall–Kier alpha value is -0.710. The summed E-state index contributed by atoms with van der Waals surface area (Å²) in [6.45, 7) is 5.81. The normalized spacial score (nSPS) is 25.6. The summed E-state index contributed by atoms with van der Waals surface area (Å²) in [7, 11) is 0. The third kappa shape index (κ3) is 2.82. The second kappa shape index (κ2) is 5.95. The Bertz CT molecular complexity index is 327. The molecule has 2 fully saturated rings. The van der Waals surface area contributed by atoms with E-state index in [0.717, 1.165) is 37.6 Å². The van der Waals surface area contributed by atoms with Gasteiger partial charge in [0.25, 0.3) is 0 Å². The van der Waals surface area contributed by atoms with Gasteiger partial charge in [0.2, 0.25) is 11.8 Å². The van der Waals surface area contributed by atoms with Crippen LogP contribution in [0.5, 0.6) is 0 Å². The molecule has 0 saturated carbocycles. The fraction of sp³-hybridized carbons (Fsp3) is 0.846. The minimum atomic E-state index is -0.212. The van der Waals surface area contributed by atoms with Crippen LogP contribution in [0.4, 0.5) is 0 Å². The van der Waals surface area contributed by atoms with Crippen LogP contribution in [-0.2, 0) is 9.59 Å². The molecular formula is C13H22N2O2S. The number of carbonyl (C=O) groups is 2. The minimum absolute atomic E-state index is 0.101. The van der Waals surface area contributed by atoms with Crippen molar-refractivity contribution in [3.8, 4) is 0 Å². The fourth-order valence-electron chi connectivity index (χ4n) is 2.54. The molecule has 0 N–H and O–H groups in total. The third-order valence-corrected chi connectivity index (χ3v) is 4.90. The molecule has 1 unspecified atom stereocenters. The summed E-state index contributed by atoms with van der Waals surface area (Å²) in [4.78, 5) is 28.0. The van der Waals surface area contributed by atoms with Gasteiger partial charge >= 0.3 is 0 Å². The zero-order chi connectivity index (χ0) is 13.1. The van der Waals surface area contributed by atoms with Gasteiger partial charge in [-0.15, -0.1) is 11.8 Å². The van der Waals surface area contributed by atoms with E-state index in [1.165, 1.54) is 0 Å². The Morgan fingerprint density at radius 2 is 1.94 bits per heavy atom. The quantitative estimate of drug-likeness (QED) is 0.764. The van der Waals surface area contributed by atoms with Crippen LogP contribution >= 0.6 is 11.8 Å². The minimum Gasteiger partial charge on any atom is -0.341 e. The zero-order valence-corrected chi connectivity index (χ0v) is 12.0. The van der Waals surface area contributed by atoms with Gasteiger partial charge in [-0.2, -0.15) is 0 Å². The first-order valence-corrected chi connectivity index (χ1v) is 7.95. The van der Waals surface area contributed by atoms with E-state index in [1.807, 2.05) is 11.8 Å².